The summed E-state index contributed by atoms with van der Waals surface area (Å²) in [6, 6.07) is 13.8. The second kappa shape index (κ2) is 9.02. The number of hydrogen-bond acceptors (Lipinski definition) is 5. The van der Waals surface area contributed by atoms with Crippen molar-refractivity contribution in [1.29, 1.82) is 0 Å². The number of rotatable bonds is 6. The van der Waals surface area contributed by atoms with Crippen LogP contribution in [0.4, 0.5) is 11.4 Å². The number of sulfonamides is 1. The van der Waals surface area contributed by atoms with Crippen molar-refractivity contribution in [3.63, 3.8) is 0 Å². The van der Waals surface area contributed by atoms with E-state index in [1.165, 1.54) is 23.4 Å². The molecular weight excluding hydrogens is 406 g/mol. The van der Waals surface area contributed by atoms with Gasteiger partial charge in [-0.2, -0.15) is 0 Å². The van der Waals surface area contributed by atoms with Gasteiger partial charge in [-0.25, -0.2) is 12.7 Å². The third-order valence-corrected chi connectivity index (χ3v) is 7.41. The minimum atomic E-state index is -3.79. The van der Waals surface area contributed by atoms with Gasteiger partial charge in [-0.1, -0.05) is 18.2 Å². The molecule has 154 valence electrons. The van der Waals surface area contributed by atoms with Crippen molar-refractivity contribution in [3.05, 3.63) is 60.8 Å². The molecule has 6 nitrogen and oxygen atoms in total. The average molecular weight is 432 g/mol. The average Bonchev–Trinajstić information content (AvgIpc) is 2.86. The molecular formula is C21H25N3O3S2. The largest absolute Gasteiger partial charge is 0.326 e. The van der Waals surface area contributed by atoms with E-state index in [-0.39, 0.29) is 16.1 Å². The number of carbonyl (C=O) groups is 1. The zero-order valence-corrected chi connectivity index (χ0v) is 18.3. The van der Waals surface area contributed by atoms with Gasteiger partial charge < -0.3 is 10.2 Å². The van der Waals surface area contributed by atoms with E-state index >= 15 is 0 Å². The lowest BCUT2D eigenvalue weighted by Crippen LogP contribution is -2.25. The van der Waals surface area contributed by atoms with Crippen LogP contribution in [0.3, 0.4) is 0 Å². The summed E-state index contributed by atoms with van der Waals surface area (Å²) in [7, 11) is 0.268. The highest BCUT2D eigenvalue weighted by molar-refractivity contribution is 8.00. The maximum absolute atomic E-state index is 13.4. The molecule has 2 aromatic rings. The Labute approximate surface area is 176 Å². The standard InChI is InChI=1S/C21H25N3O3S2/c1-16(25)22-17-8-10-19(11-9-17)29(26,27)24-15-13-18(12-14-23(2)3)28-21-7-5-4-6-20(21)24/h4-11,13,15,18H,12,14H2,1-3H3,(H,22,25). The van der Waals surface area contributed by atoms with E-state index in [1.807, 2.05) is 44.4 Å². The van der Waals surface area contributed by atoms with E-state index in [0.29, 0.717) is 11.4 Å². The fraction of sp³-hybridized carbons (Fsp3) is 0.286. The Kier molecular flexibility index (Phi) is 6.66. The van der Waals surface area contributed by atoms with Gasteiger partial charge in [-0.05, 0) is 63.5 Å². The molecule has 1 N–H and O–H groups in total. The van der Waals surface area contributed by atoms with Gasteiger partial charge in [-0.15, -0.1) is 11.8 Å². The lowest BCUT2D eigenvalue weighted by molar-refractivity contribution is -0.114. The summed E-state index contributed by atoms with van der Waals surface area (Å²) in [5, 5.41) is 2.83. The molecule has 0 spiro atoms. The maximum Gasteiger partial charge on any atom is 0.268 e. The van der Waals surface area contributed by atoms with Gasteiger partial charge >= 0.3 is 0 Å². The first kappa shape index (κ1) is 21.4. The Morgan fingerprint density at radius 2 is 1.83 bits per heavy atom. The molecule has 1 atom stereocenters. The van der Waals surface area contributed by atoms with Crippen LogP contribution in [-0.4, -0.2) is 45.1 Å². The molecule has 29 heavy (non-hydrogen) atoms. The highest BCUT2D eigenvalue weighted by Gasteiger charge is 2.28. The first-order valence-corrected chi connectivity index (χ1v) is 11.6. The number of thioether (sulfide) groups is 1. The molecule has 3 rings (SSSR count). The second-order valence-electron chi connectivity index (χ2n) is 7.06. The van der Waals surface area contributed by atoms with Crippen LogP contribution in [0.15, 0.2) is 70.6 Å². The highest BCUT2D eigenvalue weighted by atomic mass is 32.2. The molecule has 0 bridgehead atoms. The Bertz CT molecular complexity index is 1000. The number of carbonyl (C=O) groups excluding carboxylic acids is 1. The predicted molar refractivity (Wildman–Crippen MR) is 119 cm³/mol. The summed E-state index contributed by atoms with van der Waals surface area (Å²) in [4.78, 5) is 14.4. The van der Waals surface area contributed by atoms with Crippen LogP contribution < -0.4 is 9.62 Å². The Hall–Kier alpha value is -2.29. The normalized spacial score (nSPS) is 16.4. The first-order chi connectivity index (χ1) is 13.8. The molecule has 0 saturated heterocycles. The minimum absolute atomic E-state index is 0.169. The maximum atomic E-state index is 13.4. The monoisotopic (exact) mass is 431 g/mol. The Balaban J connectivity index is 1.95. The van der Waals surface area contributed by atoms with Crippen LogP contribution in [0.1, 0.15) is 13.3 Å². The molecule has 0 aromatic heterocycles. The number of benzene rings is 2. The zero-order valence-electron chi connectivity index (χ0n) is 16.7. The molecule has 0 fully saturated rings. The topological polar surface area (TPSA) is 69.7 Å². The number of hydrogen-bond donors (Lipinski definition) is 1. The van der Waals surface area contributed by atoms with E-state index in [2.05, 4.69) is 10.2 Å². The van der Waals surface area contributed by atoms with Crippen LogP contribution in [0.5, 0.6) is 0 Å². The number of anilines is 2. The number of para-hydroxylation sites is 1. The molecule has 0 radical (unpaired) electrons. The summed E-state index contributed by atoms with van der Waals surface area (Å²) >= 11 is 1.68. The van der Waals surface area contributed by atoms with Gasteiger partial charge in [0, 0.05) is 29.0 Å². The summed E-state index contributed by atoms with van der Waals surface area (Å²) in [5.74, 6) is -0.203. The Morgan fingerprint density at radius 1 is 1.14 bits per heavy atom. The van der Waals surface area contributed by atoms with Gasteiger partial charge in [0.25, 0.3) is 10.0 Å². The lowest BCUT2D eigenvalue weighted by atomic mass is 10.3. The number of nitrogens with one attached hydrogen (secondary N) is 1. The van der Waals surface area contributed by atoms with Crippen molar-refractivity contribution in [1.82, 2.24) is 4.90 Å². The molecule has 0 saturated carbocycles. The second-order valence-corrected chi connectivity index (χ2v) is 10.2. The zero-order chi connectivity index (χ0) is 21.0. The summed E-state index contributed by atoms with van der Waals surface area (Å²) < 4.78 is 28.1. The number of amides is 1. The number of nitrogens with zero attached hydrogens (tertiary/aromatic N) is 2. The van der Waals surface area contributed by atoms with Crippen molar-refractivity contribution in [2.75, 3.05) is 30.3 Å². The molecule has 2 aromatic carbocycles. The van der Waals surface area contributed by atoms with E-state index < -0.39 is 10.0 Å². The van der Waals surface area contributed by atoms with Gasteiger partial charge in [0.2, 0.25) is 5.91 Å². The SMILES string of the molecule is CC(=O)Nc1ccc(S(=O)(=O)N2C=CC(CCN(C)C)Sc3ccccc32)cc1. The number of fused-ring (bicyclic) bond motifs is 1. The van der Waals surface area contributed by atoms with E-state index in [1.54, 1.807) is 30.1 Å². The van der Waals surface area contributed by atoms with E-state index in [0.717, 1.165) is 17.9 Å². The van der Waals surface area contributed by atoms with Crippen molar-refractivity contribution in [2.24, 2.45) is 0 Å². The molecule has 8 heteroatoms. The fourth-order valence-electron chi connectivity index (χ4n) is 2.97. The summed E-state index contributed by atoms with van der Waals surface area (Å²) in [5.41, 5.74) is 1.20. The van der Waals surface area contributed by atoms with Gasteiger partial charge in [0.05, 0.1) is 10.6 Å². The fourth-order valence-corrected chi connectivity index (χ4v) is 5.53. The third kappa shape index (κ3) is 5.20. The van der Waals surface area contributed by atoms with Crippen LogP contribution in [-0.2, 0) is 14.8 Å². The molecule has 1 unspecified atom stereocenters. The van der Waals surface area contributed by atoms with E-state index in [4.69, 9.17) is 0 Å². The highest BCUT2D eigenvalue weighted by Crippen LogP contribution is 2.39. The quantitative estimate of drug-likeness (QED) is 0.754. The van der Waals surface area contributed by atoms with Crippen LogP contribution in [0, 0.1) is 0 Å². The van der Waals surface area contributed by atoms with Crippen molar-refractivity contribution < 1.29 is 13.2 Å². The molecule has 1 amide bonds. The molecule has 0 aliphatic carbocycles. The van der Waals surface area contributed by atoms with Crippen LogP contribution in [0.2, 0.25) is 0 Å². The predicted octanol–water partition coefficient (Wildman–Crippen LogP) is 3.78. The van der Waals surface area contributed by atoms with Crippen LogP contribution >= 0.6 is 11.8 Å². The van der Waals surface area contributed by atoms with Gasteiger partial charge in [-0.3, -0.25) is 4.79 Å². The van der Waals surface area contributed by atoms with Gasteiger partial charge in [0.1, 0.15) is 0 Å². The smallest absolute Gasteiger partial charge is 0.268 e. The van der Waals surface area contributed by atoms with Crippen molar-refractivity contribution in [3.8, 4) is 0 Å². The summed E-state index contributed by atoms with van der Waals surface area (Å²) in [6.45, 7) is 2.33. The van der Waals surface area contributed by atoms with E-state index in [9.17, 15) is 13.2 Å². The lowest BCUT2D eigenvalue weighted by Gasteiger charge is -2.21. The first-order valence-electron chi connectivity index (χ1n) is 9.28. The van der Waals surface area contributed by atoms with Crippen molar-refractivity contribution >= 4 is 39.1 Å². The van der Waals surface area contributed by atoms with Crippen LogP contribution in [0.25, 0.3) is 0 Å². The Morgan fingerprint density at radius 3 is 2.48 bits per heavy atom. The van der Waals surface area contributed by atoms with Gasteiger partial charge in [0.15, 0.2) is 0 Å². The van der Waals surface area contributed by atoms with Crippen molar-refractivity contribution in [2.45, 2.75) is 28.4 Å². The summed E-state index contributed by atoms with van der Waals surface area (Å²) in [6.07, 6.45) is 4.54. The minimum Gasteiger partial charge on any atom is -0.326 e. The third-order valence-electron chi connectivity index (χ3n) is 4.41. The molecule has 1 heterocycles. The molecule has 1 aliphatic heterocycles. The molecule has 1 aliphatic rings.